The van der Waals surface area contributed by atoms with Crippen molar-refractivity contribution >= 4 is 48.0 Å². The molecule has 1 amide bonds. The first-order valence-corrected chi connectivity index (χ1v) is 6.48. The predicted octanol–water partition coefficient (Wildman–Crippen LogP) is 2.79. The largest absolute Gasteiger partial charge is 0.381 e. The van der Waals surface area contributed by atoms with Gasteiger partial charge in [-0.25, -0.2) is 0 Å². The van der Waals surface area contributed by atoms with Gasteiger partial charge < -0.3 is 16.0 Å². The van der Waals surface area contributed by atoms with Crippen molar-refractivity contribution in [3.63, 3.8) is 0 Å². The van der Waals surface area contributed by atoms with Crippen molar-refractivity contribution in [3.8, 4) is 0 Å². The molecule has 0 spiro atoms. The van der Waals surface area contributed by atoms with Crippen LogP contribution in [0.15, 0.2) is 18.2 Å². The number of halogens is 3. The molecule has 0 bridgehead atoms. The van der Waals surface area contributed by atoms with Crippen LogP contribution in [0, 0.1) is 0 Å². The van der Waals surface area contributed by atoms with Crippen molar-refractivity contribution in [2.24, 2.45) is 5.73 Å². The highest BCUT2D eigenvalue weighted by Gasteiger charge is 2.17. The first-order chi connectivity index (χ1) is 8.56. The minimum absolute atomic E-state index is 0. The Kier molecular flexibility index (Phi) is 8.28. The van der Waals surface area contributed by atoms with E-state index in [1.165, 1.54) is 0 Å². The van der Waals surface area contributed by atoms with Crippen LogP contribution in [0.5, 0.6) is 0 Å². The van der Waals surface area contributed by atoms with Crippen LogP contribution in [0.4, 0.5) is 5.69 Å². The summed E-state index contributed by atoms with van der Waals surface area (Å²) in [5.41, 5.74) is 6.52. The molecule has 1 aliphatic rings. The van der Waals surface area contributed by atoms with E-state index in [0.29, 0.717) is 16.6 Å². The number of hydrogen-bond donors (Lipinski definition) is 2. The Labute approximate surface area is 136 Å². The molecule has 0 atom stereocenters. The van der Waals surface area contributed by atoms with Gasteiger partial charge in [0.15, 0.2) is 0 Å². The average Bonchev–Trinajstić information content (AvgIpc) is 2.34. The Balaban J connectivity index is 0.00000180. The standard InChI is InChI=1S/C13H18ClN3O.2ClH/c1-17-6-4-10(5-7-17)16-12-3-2-9(13(15)18)8-11(12)14;;/h2-3,8,10,16H,4-7H2,1H3,(H2,15,18);2*1H. The molecule has 1 aromatic carbocycles. The summed E-state index contributed by atoms with van der Waals surface area (Å²) in [6.07, 6.45) is 2.20. The number of amides is 1. The SMILES string of the molecule is CN1CCC(Nc2ccc(C(N)=O)cc2Cl)CC1.Cl.Cl. The van der Waals surface area contributed by atoms with Crippen LogP contribution >= 0.6 is 36.4 Å². The number of carbonyl (C=O) groups excluding carboxylic acids is 1. The highest BCUT2D eigenvalue weighted by molar-refractivity contribution is 6.33. The van der Waals surface area contributed by atoms with Gasteiger partial charge in [-0.1, -0.05) is 11.6 Å². The van der Waals surface area contributed by atoms with E-state index in [9.17, 15) is 4.79 Å². The van der Waals surface area contributed by atoms with Crippen LogP contribution in [0.2, 0.25) is 5.02 Å². The van der Waals surface area contributed by atoms with Gasteiger partial charge in [0, 0.05) is 11.6 Å². The van der Waals surface area contributed by atoms with Crippen molar-refractivity contribution in [1.82, 2.24) is 4.90 Å². The molecule has 7 heteroatoms. The molecule has 2 rings (SSSR count). The predicted molar refractivity (Wildman–Crippen MR) is 88.6 cm³/mol. The third-order valence-corrected chi connectivity index (χ3v) is 3.64. The fourth-order valence-corrected chi connectivity index (χ4v) is 2.39. The molecule has 0 saturated carbocycles. The molecule has 0 radical (unpaired) electrons. The van der Waals surface area contributed by atoms with Crippen molar-refractivity contribution in [1.29, 1.82) is 0 Å². The molecule has 1 saturated heterocycles. The molecule has 0 unspecified atom stereocenters. The number of carbonyl (C=O) groups is 1. The lowest BCUT2D eigenvalue weighted by Crippen LogP contribution is -2.36. The van der Waals surface area contributed by atoms with Crippen molar-refractivity contribution < 1.29 is 4.79 Å². The summed E-state index contributed by atoms with van der Waals surface area (Å²) in [5, 5.41) is 3.97. The quantitative estimate of drug-likeness (QED) is 0.889. The Morgan fingerprint density at radius 1 is 1.35 bits per heavy atom. The van der Waals surface area contributed by atoms with Gasteiger partial charge in [0.1, 0.15) is 0 Å². The second kappa shape index (κ2) is 8.57. The maximum atomic E-state index is 11.0. The molecule has 1 heterocycles. The van der Waals surface area contributed by atoms with Gasteiger partial charge in [-0.15, -0.1) is 24.8 Å². The third-order valence-electron chi connectivity index (χ3n) is 3.33. The van der Waals surface area contributed by atoms with Crippen LogP contribution < -0.4 is 11.1 Å². The Bertz CT molecular complexity index is 448. The molecule has 0 aromatic heterocycles. The third kappa shape index (κ3) is 5.02. The van der Waals surface area contributed by atoms with Crippen LogP contribution in [0.1, 0.15) is 23.2 Å². The van der Waals surface area contributed by atoms with Crippen molar-refractivity contribution in [2.45, 2.75) is 18.9 Å². The highest BCUT2D eigenvalue weighted by atomic mass is 35.5. The van der Waals surface area contributed by atoms with Crippen LogP contribution in [-0.4, -0.2) is 37.0 Å². The summed E-state index contributed by atoms with van der Waals surface area (Å²) in [6.45, 7) is 2.18. The van der Waals surface area contributed by atoms with Crippen LogP contribution in [0.25, 0.3) is 0 Å². The molecule has 1 aliphatic heterocycles. The topological polar surface area (TPSA) is 58.4 Å². The molecular weight excluding hydrogens is 321 g/mol. The van der Waals surface area contributed by atoms with E-state index < -0.39 is 5.91 Å². The zero-order valence-electron chi connectivity index (χ0n) is 11.3. The maximum Gasteiger partial charge on any atom is 0.248 e. The number of rotatable bonds is 3. The molecule has 3 N–H and O–H groups in total. The molecule has 4 nitrogen and oxygen atoms in total. The fraction of sp³-hybridized carbons (Fsp3) is 0.462. The van der Waals surface area contributed by atoms with E-state index >= 15 is 0 Å². The Hall–Kier alpha value is -0.680. The van der Waals surface area contributed by atoms with E-state index in [1.807, 2.05) is 6.07 Å². The van der Waals surface area contributed by atoms with Gasteiger partial charge in [-0.2, -0.15) is 0 Å². The number of piperidine rings is 1. The van der Waals surface area contributed by atoms with Crippen molar-refractivity contribution in [3.05, 3.63) is 28.8 Å². The Morgan fingerprint density at radius 2 is 1.95 bits per heavy atom. The molecule has 0 aliphatic carbocycles. The second-order valence-corrected chi connectivity index (χ2v) is 5.19. The molecule has 1 aromatic rings. The maximum absolute atomic E-state index is 11.0. The summed E-state index contributed by atoms with van der Waals surface area (Å²) in [7, 11) is 2.13. The van der Waals surface area contributed by atoms with Gasteiger partial charge >= 0.3 is 0 Å². The lowest BCUT2D eigenvalue weighted by atomic mass is 10.0. The number of primary amides is 1. The van der Waals surface area contributed by atoms with Crippen LogP contribution in [-0.2, 0) is 0 Å². The second-order valence-electron chi connectivity index (χ2n) is 4.78. The van der Waals surface area contributed by atoms with Gasteiger partial charge in [-0.3, -0.25) is 4.79 Å². The smallest absolute Gasteiger partial charge is 0.248 e. The van der Waals surface area contributed by atoms with E-state index in [4.69, 9.17) is 17.3 Å². The van der Waals surface area contributed by atoms with E-state index in [0.717, 1.165) is 31.6 Å². The molecule has 20 heavy (non-hydrogen) atoms. The fourth-order valence-electron chi connectivity index (χ4n) is 2.16. The first-order valence-electron chi connectivity index (χ1n) is 6.10. The number of benzene rings is 1. The first kappa shape index (κ1) is 19.3. The Morgan fingerprint density at radius 3 is 2.45 bits per heavy atom. The summed E-state index contributed by atoms with van der Waals surface area (Å²) in [6, 6.07) is 5.58. The molecular formula is C13H20Cl3N3O. The normalized spacial score (nSPS) is 15.9. The van der Waals surface area contributed by atoms with E-state index in [-0.39, 0.29) is 24.8 Å². The van der Waals surface area contributed by atoms with Gasteiger partial charge in [0.25, 0.3) is 0 Å². The zero-order valence-corrected chi connectivity index (χ0v) is 13.7. The number of nitrogens with two attached hydrogens (primary N) is 1. The monoisotopic (exact) mass is 339 g/mol. The van der Waals surface area contributed by atoms with Gasteiger partial charge in [0.2, 0.25) is 5.91 Å². The number of hydrogen-bond acceptors (Lipinski definition) is 3. The number of anilines is 1. The molecule has 114 valence electrons. The van der Waals surface area contributed by atoms with Gasteiger partial charge in [-0.05, 0) is 51.2 Å². The summed E-state index contributed by atoms with van der Waals surface area (Å²) in [5.74, 6) is -0.456. The minimum Gasteiger partial charge on any atom is -0.381 e. The number of nitrogens with one attached hydrogen (secondary N) is 1. The number of likely N-dealkylation sites (tertiary alicyclic amines) is 1. The summed E-state index contributed by atoms with van der Waals surface area (Å²) >= 11 is 6.14. The lowest BCUT2D eigenvalue weighted by molar-refractivity contribution is 0.100. The van der Waals surface area contributed by atoms with E-state index in [2.05, 4.69) is 17.3 Å². The number of nitrogens with zero attached hydrogens (tertiary/aromatic N) is 1. The summed E-state index contributed by atoms with van der Waals surface area (Å²) < 4.78 is 0. The van der Waals surface area contributed by atoms with E-state index in [1.54, 1.807) is 12.1 Å². The highest BCUT2D eigenvalue weighted by Crippen LogP contribution is 2.25. The minimum atomic E-state index is -0.456. The lowest BCUT2D eigenvalue weighted by Gasteiger charge is -2.30. The zero-order chi connectivity index (χ0) is 13.1. The molecule has 1 fully saturated rings. The summed E-state index contributed by atoms with van der Waals surface area (Å²) in [4.78, 5) is 13.3. The van der Waals surface area contributed by atoms with Gasteiger partial charge in [0.05, 0.1) is 10.7 Å². The van der Waals surface area contributed by atoms with Crippen molar-refractivity contribution in [2.75, 3.05) is 25.5 Å². The average molecular weight is 341 g/mol. The van der Waals surface area contributed by atoms with Crippen LogP contribution in [0.3, 0.4) is 0 Å².